The molecule has 0 aliphatic heterocycles. The molecule has 1 aliphatic carbocycles. The maximum Gasteiger partial charge on any atom is 0.251 e. The van der Waals surface area contributed by atoms with Crippen LogP contribution in [0.3, 0.4) is 0 Å². The molecule has 3 N–H and O–H groups in total. The van der Waals surface area contributed by atoms with Crippen molar-refractivity contribution in [1.82, 2.24) is 5.32 Å². The predicted molar refractivity (Wildman–Crippen MR) is 74.4 cm³/mol. The zero-order valence-electron chi connectivity index (χ0n) is 11.7. The summed E-state index contributed by atoms with van der Waals surface area (Å²) in [6.45, 7) is 5.90. The van der Waals surface area contributed by atoms with Gasteiger partial charge in [0.1, 0.15) is 5.82 Å². The van der Waals surface area contributed by atoms with Crippen LogP contribution in [0.5, 0.6) is 0 Å². The minimum absolute atomic E-state index is 0.102. The minimum atomic E-state index is -0.434. The Balaban J connectivity index is 2.17. The maximum atomic E-state index is 13.6. The molecule has 1 atom stereocenters. The number of hydrogen-bond donors (Lipinski definition) is 2. The first-order valence-corrected chi connectivity index (χ1v) is 6.68. The summed E-state index contributed by atoms with van der Waals surface area (Å²) < 4.78 is 13.6. The Morgan fingerprint density at radius 3 is 2.68 bits per heavy atom. The van der Waals surface area contributed by atoms with Crippen molar-refractivity contribution in [3.8, 4) is 0 Å². The fraction of sp³-hybridized carbons (Fsp3) is 0.533. The lowest BCUT2D eigenvalue weighted by molar-refractivity contribution is 0.0909. The number of hydrogen-bond acceptors (Lipinski definition) is 2. The number of rotatable bonds is 2. The van der Waals surface area contributed by atoms with Crippen LogP contribution in [0.2, 0.25) is 0 Å². The lowest BCUT2D eigenvalue weighted by Crippen LogP contribution is -2.41. The second kappa shape index (κ2) is 4.83. The molecule has 1 aliphatic rings. The van der Waals surface area contributed by atoms with Crippen molar-refractivity contribution in [3.63, 3.8) is 0 Å². The third kappa shape index (κ3) is 2.72. The molecule has 0 bridgehead atoms. The summed E-state index contributed by atoms with van der Waals surface area (Å²) in [5, 5.41) is 3.00. The quantitative estimate of drug-likeness (QED) is 0.807. The van der Waals surface area contributed by atoms with Crippen molar-refractivity contribution in [2.75, 3.05) is 5.73 Å². The topological polar surface area (TPSA) is 55.1 Å². The Morgan fingerprint density at radius 2 is 2.16 bits per heavy atom. The normalized spacial score (nSPS) is 21.4. The van der Waals surface area contributed by atoms with E-state index in [4.69, 9.17) is 5.73 Å². The molecular weight excluding hydrogens is 243 g/mol. The van der Waals surface area contributed by atoms with Crippen molar-refractivity contribution >= 4 is 11.6 Å². The van der Waals surface area contributed by atoms with Gasteiger partial charge in [0, 0.05) is 22.9 Å². The summed E-state index contributed by atoms with van der Waals surface area (Å²) in [5.41, 5.74) is 6.80. The average molecular weight is 264 g/mol. The number of amides is 1. The molecule has 4 heteroatoms. The van der Waals surface area contributed by atoms with Crippen LogP contribution < -0.4 is 11.1 Å². The Kier molecular flexibility index (Phi) is 3.52. The van der Waals surface area contributed by atoms with Gasteiger partial charge in [0.2, 0.25) is 0 Å². The zero-order valence-corrected chi connectivity index (χ0v) is 11.7. The Hall–Kier alpha value is -1.58. The molecule has 104 valence electrons. The van der Waals surface area contributed by atoms with E-state index in [1.165, 1.54) is 12.1 Å². The third-order valence-corrected chi connectivity index (χ3v) is 4.21. The second-order valence-electron chi connectivity index (χ2n) is 6.08. The Morgan fingerprint density at radius 1 is 1.47 bits per heavy atom. The van der Waals surface area contributed by atoms with Gasteiger partial charge < -0.3 is 11.1 Å². The largest absolute Gasteiger partial charge is 0.398 e. The monoisotopic (exact) mass is 264 g/mol. The number of nitrogens with two attached hydrogens (primary N) is 1. The number of carbonyl (C=O) groups is 1. The molecule has 0 aromatic heterocycles. The summed E-state index contributed by atoms with van der Waals surface area (Å²) in [6.07, 6.45) is 3.19. The molecule has 1 aromatic carbocycles. The summed E-state index contributed by atoms with van der Waals surface area (Å²) in [4.78, 5) is 12.2. The van der Waals surface area contributed by atoms with E-state index in [2.05, 4.69) is 19.2 Å². The first kappa shape index (κ1) is 13.8. The van der Waals surface area contributed by atoms with E-state index in [0.29, 0.717) is 16.8 Å². The van der Waals surface area contributed by atoms with Crippen LogP contribution >= 0.6 is 0 Å². The van der Waals surface area contributed by atoms with Gasteiger partial charge in [-0.3, -0.25) is 4.79 Å². The van der Waals surface area contributed by atoms with Crippen molar-refractivity contribution in [3.05, 3.63) is 29.1 Å². The molecule has 0 spiro atoms. The van der Waals surface area contributed by atoms with Crippen LogP contribution in [0.25, 0.3) is 0 Å². The summed E-state index contributed by atoms with van der Waals surface area (Å²) in [5.74, 6) is -0.679. The van der Waals surface area contributed by atoms with Gasteiger partial charge in [-0.25, -0.2) is 4.39 Å². The molecule has 1 fully saturated rings. The number of nitrogen functional groups attached to an aromatic ring is 1. The number of carbonyl (C=O) groups excluding carboxylic acids is 1. The van der Waals surface area contributed by atoms with Gasteiger partial charge in [0.25, 0.3) is 5.91 Å². The van der Waals surface area contributed by atoms with Crippen molar-refractivity contribution in [1.29, 1.82) is 0 Å². The van der Waals surface area contributed by atoms with Crippen LogP contribution in [-0.2, 0) is 0 Å². The SMILES string of the molecule is Cc1c(N)cc(C(=O)NC2CCCC2(C)C)cc1F. The Bertz CT molecular complexity index is 488. The molecule has 0 saturated heterocycles. The van der Waals surface area contributed by atoms with Crippen LogP contribution in [0, 0.1) is 18.2 Å². The van der Waals surface area contributed by atoms with Crippen LogP contribution in [-0.4, -0.2) is 11.9 Å². The van der Waals surface area contributed by atoms with E-state index in [-0.39, 0.29) is 17.4 Å². The third-order valence-electron chi connectivity index (χ3n) is 4.21. The number of nitrogens with one attached hydrogen (secondary N) is 1. The van der Waals surface area contributed by atoms with Crippen LogP contribution in [0.1, 0.15) is 49.0 Å². The van der Waals surface area contributed by atoms with Gasteiger partial charge in [0.05, 0.1) is 0 Å². The van der Waals surface area contributed by atoms with Gasteiger partial charge in [-0.15, -0.1) is 0 Å². The van der Waals surface area contributed by atoms with E-state index in [9.17, 15) is 9.18 Å². The number of benzene rings is 1. The average Bonchev–Trinajstić information content (AvgIpc) is 2.65. The minimum Gasteiger partial charge on any atom is -0.398 e. The Labute approximate surface area is 113 Å². The van der Waals surface area contributed by atoms with E-state index >= 15 is 0 Å². The van der Waals surface area contributed by atoms with Crippen LogP contribution in [0.4, 0.5) is 10.1 Å². The van der Waals surface area contributed by atoms with Gasteiger partial charge in [-0.2, -0.15) is 0 Å². The molecule has 19 heavy (non-hydrogen) atoms. The molecule has 1 aromatic rings. The van der Waals surface area contributed by atoms with E-state index in [1.54, 1.807) is 6.92 Å². The van der Waals surface area contributed by atoms with E-state index in [1.807, 2.05) is 0 Å². The van der Waals surface area contributed by atoms with Crippen LogP contribution in [0.15, 0.2) is 12.1 Å². The molecule has 2 rings (SSSR count). The molecular formula is C15H21FN2O. The highest BCUT2D eigenvalue weighted by Crippen LogP contribution is 2.37. The highest BCUT2D eigenvalue weighted by atomic mass is 19.1. The van der Waals surface area contributed by atoms with Gasteiger partial charge in [0.15, 0.2) is 0 Å². The zero-order chi connectivity index (χ0) is 14.2. The van der Waals surface area contributed by atoms with Gasteiger partial charge in [-0.1, -0.05) is 20.3 Å². The maximum absolute atomic E-state index is 13.6. The molecule has 0 radical (unpaired) electrons. The summed E-state index contributed by atoms with van der Waals surface area (Å²) in [6, 6.07) is 2.93. The number of halogens is 1. The fourth-order valence-corrected chi connectivity index (χ4v) is 2.67. The van der Waals surface area contributed by atoms with Gasteiger partial charge >= 0.3 is 0 Å². The highest BCUT2D eigenvalue weighted by molar-refractivity contribution is 5.95. The van der Waals surface area contributed by atoms with Gasteiger partial charge in [-0.05, 0) is 37.3 Å². The molecule has 3 nitrogen and oxygen atoms in total. The molecule has 0 heterocycles. The van der Waals surface area contributed by atoms with E-state index in [0.717, 1.165) is 19.3 Å². The second-order valence-corrected chi connectivity index (χ2v) is 6.08. The predicted octanol–water partition coefficient (Wildman–Crippen LogP) is 3.02. The molecule has 1 saturated carbocycles. The van der Waals surface area contributed by atoms with E-state index < -0.39 is 5.82 Å². The van der Waals surface area contributed by atoms with Crippen molar-refractivity contribution in [2.45, 2.75) is 46.1 Å². The fourth-order valence-electron chi connectivity index (χ4n) is 2.67. The van der Waals surface area contributed by atoms with Crippen molar-refractivity contribution in [2.24, 2.45) is 5.41 Å². The smallest absolute Gasteiger partial charge is 0.251 e. The molecule has 1 unspecified atom stereocenters. The van der Waals surface area contributed by atoms with Crippen molar-refractivity contribution < 1.29 is 9.18 Å². The lowest BCUT2D eigenvalue weighted by atomic mass is 9.87. The molecule has 1 amide bonds. The first-order valence-electron chi connectivity index (χ1n) is 6.68. The first-order chi connectivity index (χ1) is 8.81. The summed E-state index contributed by atoms with van der Waals surface area (Å²) in [7, 11) is 0. The summed E-state index contributed by atoms with van der Waals surface area (Å²) >= 11 is 0. The lowest BCUT2D eigenvalue weighted by Gasteiger charge is -2.27. The standard InChI is InChI=1S/C15H21FN2O/c1-9-11(16)7-10(8-12(9)17)14(19)18-13-5-4-6-15(13,2)3/h7-8,13H,4-6,17H2,1-3H3,(H,18,19). The highest BCUT2D eigenvalue weighted by Gasteiger charge is 2.35. The number of anilines is 1.